The van der Waals surface area contributed by atoms with Crippen molar-refractivity contribution in [1.29, 1.82) is 0 Å². The van der Waals surface area contributed by atoms with Crippen LogP contribution in [0.15, 0.2) is 42.5 Å². The smallest absolute Gasteiger partial charge is 0.272 e. The summed E-state index contributed by atoms with van der Waals surface area (Å²) < 4.78 is 0. The Bertz CT molecular complexity index is 476. The van der Waals surface area contributed by atoms with Crippen LogP contribution in [0.5, 0.6) is 0 Å². The van der Waals surface area contributed by atoms with E-state index in [-0.39, 0.29) is 5.91 Å². The van der Waals surface area contributed by atoms with Gasteiger partial charge in [0.15, 0.2) is 0 Å². The van der Waals surface area contributed by atoms with E-state index in [9.17, 15) is 4.79 Å². The van der Waals surface area contributed by atoms with E-state index in [1.165, 1.54) is 0 Å². The fourth-order valence-corrected chi connectivity index (χ4v) is 1.39. The minimum atomic E-state index is -0.146. The average molecular weight is 215 g/mol. The zero-order chi connectivity index (χ0) is 11.4. The lowest BCUT2D eigenvalue weighted by atomic mass is 10.3. The standard InChI is InChI=1S/C12H13N3O/c1-13-11-8-7-10(15-11)12(16)14-9-5-3-2-4-6-9/h2-8,13,15H,1H3,(H,14,16). The van der Waals surface area contributed by atoms with E-state index in [0.29, 0.717) is 5.69 Å². The first-order chi connectivity index (χ1) is 7.79. The molecule has 0 bridgehead atoms. The summed E-state index contributed by atoms with van der Waals surface area (Å²) in [6.07, 6.45) is 0. The third-order valence-electron chi connectivity index (χ3n) is 2.23. The van der Waals surface area contributed by atoms with Crippen molar-refractivity contribution >= 4 is 17.4 Å². The van der Waals surface area contributed by atoms with Crippen LogP contribution in [0.2, 0.25) is 0 Å². The number of H-pyrrole nitrogens is 1. The lowest BCUT2D eigenvalue weighted by Crippen LogP contribution is -2.12. The van der Waals surface area contributed by atoms with Crippen molar-refractivity contribution in [3.8, 4) is 0 Å². The number of carbonyl (C=O) groups excluding carboxylic acids is 1. The van der Waals surface area contributed by atoms with Gasteiger partial charge in [-0.25, -0.2) is 0 Å². The fourth-order valence-electron chi connectivity index (χ4n) is 1.39. The summed E-state index contributed by atoms with van der Waals surface area (Å²) in [6.45, 7) is 0. The van der Waals surface area contributed by atoms with Crippen LogP contribution < -0.4 is 10.6 Å². The summed E-state index contributed by atoms with van der Waals surface area (Å²) in [7, 11) is 1.80. The van der Waals surface area contributed by atoms with Crippen molar-refractivity contribution in [1.82, 2.24) is 4.98 Å². The summed E-state index contributed by atoms with van der Waals surface area (Å²) in [6, 6.07) is 12.9. The second kappa shape index (κ2) is 4.53. The monoisotopic (exact) mass is 215 g/mol. The lowest BCUT2D eigenvalue weighted by molar-refractivity contribution is 0.102. The Balaban J connectivity index is 2.09. The number of hydrogen-bond donors (Lipinski definition) is 3. The van der Waals surface area contributed by atoms with Crippen LogP contribution in [0.3, 0.4) is 0 Å². The van der Waals surface area contributed by atoms with Crippen molar-refractivity contribution in [2.24, 2.45) is 0 Å². The van der Waals surface area contributed by atoms with Gasteiger partial charge in [-0.05, 0) is 24.3 Å². The van der Waals surface area contributed by atoms with Crippen LogP contribution in [-0.4, -0.2) is 17.9 Å². The molecule has 0 fully saturated rings. The molecule has 0 saturated heterocycles. The van der Waals surface area contributed by atoms with E-state index in [1.807, 2.05) is 36.4 Å². The number of benzene rings is 1. The number of anilines is 2. The van der Waals surface area contributed by atoms with Crippen molar-refractivity contribution in [3.63, 3.8) is 0 Å². The van der Waals surface area contributed by atoms with E-state index in [2.05, 4.69) is 15.6 Å². The molecule has 3 N–H and O–H groups in total. The fraction of sp³-hybridized carbons (Fsp3) is 0.0833. The van der Waals surface area contributed by atoms with Gasteiger partial charge in [0.2, 0.25) is 0 Å². The number of aromatic nitrogens is 1. The number of rotatable bonds is 3. The topological polar surface area (TPSA) is 56.9 Å². The van der Waals surface area contributed by atoms with Gasteiger partial charge in [0, 0.05) is 12.7 Å². The van der Waals surface area contributed by atoms with Crippen LogP contribution >= 0.6 is 0 Å². The third kappa shape index (κ3) is 2.23. The number of aromatic amines is 1. The number of nitrogens with one attached hydrogen (secondary N) is 3. The Labute approximate surface area is 93.7 Å². The predicted molar refractivity (Wildman–Crippen MR) is 64.7 cm³/mol. The first-order valence-electron chi connectivity index (χ1n) is 5.03. The lowest BCUT2D eigenvalue weighted by Gasteiger charge is -2.02. The molecule has 4 nitrogen and oxygen atoms in total. The largest absolute Gasteiger partial charge is 0.375 e. The van der Waals surface area contributed by atoms with Crippen molar-refractivity contribution in [2.75, 3.05) is 17.7 Å². The minimum absolute atomic E-state index is 0.146. The van der Waals surface area contributed by atoms with Crippen molar-refractivity contribution in [3.05, 3.63) is 48.2 Å². The number of amides is 1. The first-order valence-corrected chi connectivity index (χ1v) is 5.03. The van der Waals surface area contributed by atoms with Gasteiger partial charge in [-0.1, -0.05) is 18.2 Å². The molecule has 1 amide bonds. The average Bonchev–Trinajstić information content (AvgIpc) is 2.79. The zero-order valence-corrected chi connectivity index (χ0v) is 8.95. The zero-order valence-electron chi connectivity index (χ0n) is 8.95. The summed E-state index contributed by atoms with van der Waals surface area (Å²) >= 11 is 0. The molecule has 1 aromatic heterocycles. The van der Waals surface area contributed by atoms with Gasteiger partial charge in [0.25, 0.3) is 5.91 Å². The van der Waals surface area contributed by atoms with Gasteiger partial charge in [-0.15, -0.1) is 0 Å². The van der Waals surface area contributed by atoms with Gasteiger partial charge in [-0.2, -0.15) is 0 Å². The quantitative estimate of drug-likeness (QED) is 0.735. The van der Waals surface area contributed by atoms with Crippen LogP contribution in [0, 0.1) is 0 Å². The second-order valence-corrected chi connectivity index (χ2v) is 3.36. The first kappa shape index (κ1) is 10.3. The van der Waals surface area contributed by atoms with Crippen molar-refractivity contribution in [2.45, 2.75) is 0 Å². The number of hydrogen-bond acceptors (Lipinski definition) is 2. The SMILES string of the molecule is CNc1ccc(C(=O)Nc2ccccc2)[nH]1. The molecule has 0 aliphatic heterocycles. The number of para-hydroxylation sites is 1. The summed E-state index contributed by atoms with van der Waals surface area (Å²) in [5.41, 5.74) is 1.32. The Morgan fingerprint density at radius 3 is 2.50 bits per heavy atom. The van der Waals surface area contributed by atoms with Gasteiger partial charge >= 0.3 is 0 Å². The van der Waals surface area contributed by atoms with Gasteiger partial charge in [-0.3, -0.25) is 4.79 Å². The Morgan fingerprint density at radius 1 is 1.12 bits per heavy atom. The molecule has 4 heteroatoms. The Hall–Kier alpha value is -2.23. The third-order valence-corrected chi connectivity index (χ3v) is 2.23. The number of carbonyl (C=O) groups is 1. The molecule has 0 atom stereocenters. The molecule has 1 heterocycles. The molecular weight excluding hydrogens is 202 g/mol. The van der Waals surface area contributed by atoms with Crippen molar-refractivity contribution < 1.29 is 4.79 Å². The normalized spacial score (nSPS) is 9.81. The highest BCUT2D eigenvalue weighted by atomic mass is 16.1. The molecule has 0 unspecified atom stereocenters. The maximum absolute atomic E-state index is 11.8. The molecule has 0 aliphatic rings. The molecule has 2 rings (SSSR count). The van der Waals surface area contributed by atoms with Gasteiger partial charge < -0.3 is 15.6 Å². The molecule has 0 spiro atoms. The summed E-state index contributed by atoms with van der Waals surface area (Å²) in [4.78, 5) is 14.7. The van der Waals surface area contributed by atoms with E-state index in [1.54, 1.807) is 13.1 Å². The molecular formula is C12H13N3O. The van der Waals surface area contributed by atoms with Crippen LogP contribution in [-0.2, 0) is 0 Å². The second-order valence-electron chi connectivity index (χ2n) is 3.36. The van der Waals surface area contributed by atoms with Gasteiger partial charge in [0.1, 0.15) is 11.5 Å². The van der Waals surface area contributed by atoms with E-state index < -0.39 is 0 Å². The summed E-state index contributed by atoms with van der Waals surface area (Å²) in [5.74, 6) is 0.672. The maximum Gasteiger partial charge on any atom is 0.272 e. The van der Waals surface area contributed by atoms with E-state index in [4.69, 9.17) is 0 Å². The predicted octanol–water partition coefficient (Wildman–Crippen LogP) is 2.31. The molecule has 0 radical (unpaired) electrons. The minimum Gasteiger partial charge on any atom is -0.375 e. The molecule has 0 aliphatic carbocycles. The highest BCUT2D eigenvalue weighted by Crippen LogP contribution is 2.10. The molecule has 0 saturated carbocycles. The maximum atomic E-state index is 11.8. The summed E-state index contributed by atoms with van der Waals surface area (Å²) in [5, 5.41) is 5.73. The van der Waals surface area contributed by atoms with E-state index >= 15 is 0 Å². The molecule has 16 heavy (non-hydrogen) atoms. The molecule has 82 valence electrons. The van der Waals surface area contributed by atoms with Crippen LogP contribution in [0.25, 0.3) is 0 Å². The molecule has 1 aromatic carbocycles. The van der Waals surface area contributed by atoms with Crippen LogP contribution in [0.1, 0.15) is 10.5 Å². The highest BCUT2D eigenvalue weighted by molar-refractivity contribution is 6.03. The molecule has 2 aromatic rings. The van der Waals surface area contributed by atoms with Crippen LogP contribution in [0.4, 0.5) is 11.5 Å². The Morgan fingerprint density at radius 2 is 1.88 bits per heavy atom. The van der Waals surface area contributed by atoms with Gasteiger partial charge in [0.05, 0.1) is 0 Å². The Kier molecular flexibility index (Phi) is 2.91. The van der Waals surface area contributed by atoms with E-state index in [0.717, 1.165) is 11.5 Å². The highest BCUT2D eigenvalue weighted by Gasteiger charge is 2.07.